The van der Waals surface area contributed by atoms with Crippen LogP contribution in [0.4, 0.5) is 0 Å². The average Bonchev–Trinajstić information content (AvgIpc) is 2.42. The Morgan fingerprint density at radius 3 is 2.56 bits per heavy atom. The highest BCUT2D eigenvalue weighted by Crippen LogP contribution is 2.10. The molecule has 0 fully saturated rings. The second-order valence-electron chi connectivity index (χ2n) is 3.94. The van der Waals surface area contributed by atoms with Gasteiger partial charge in [0, 0.05) is 11.8 Å². The minimum absolute atomic E-state index is 0.544. The lowest BCUT2D eigenvalue weighted by Crippen LogP contribution is -2.06. The van der Waals surface area contributed by atoms with Crippen LogP contribution in [0.3, 0.4) is 0 Å². The summed E-state index contributed by atoms with van der Waals surface area (Å²) in [4.78, 5) is 9.50. The Morgan fingerprint density at radius 2 is 1.94 bits per heavy atom. The van der Waals surface area contributed by atoms with Gasteiger partial charge in [-0.05, 0) is 26.0 Å². The van der Waals surface area contributed by atoms with E-state index in [1.165, 1.54) is 5.56 Å². The van der Waals surface area contributed by atoms with Crippen molar-refractivity contribution in [1.29, 1.82) is 0 Å². The van der Waals surface area contributed by atoms with Crippen molar-refractivity contribution in [2.24, 2.45) is 5.16 Å². The van der Waals surface area contributed by atoms with Crippen LogP contribution >= 0.6 is 0 Å². The van der Waals surface area contributed by atoms with Crippen LogP contribution in [0, 0.1) is 6.92 Å². The molecule has 0 aliphatic rings. The van der Waals surface area contributed by atoms with Crippen molar-refractivity contribution < 1.29 is 4.84 Å². The molecule has 0 aliphatic carbocycles. The summed E-state index contributed by atoms with van der Waals surface area (Å²) in [5.74, 6) is 0. The van der Waals surface area contributed by atoms with Crippen LogP contribution in [-0.2, 0) is 4.84 Å². The molecule has 0 bridgehead atoms. The summed E-state index contributed by atoms with van der Waals surface area (Å²) in [6.07, 6.45) is 1.75. The highest BCUT2D eigenvalue weighted by Gasteiger charge is 2.08. The molecule has 1 aromatic carbocycles. The first kappa shape index (κ1) is 12.3. The number of hydrogen-bond donors (Lipinski definition) is 0. The third-order valence-electron chi connectivity index (χ3n) is 2.52. The summed E-state index contributed by atoms with van der Waals surface area (Å²) in [5, 5.41) is 4.17. The number of pyridine rings is 1. The van der Waals surface area contributed by atoms with E-state index in [0.29, 0.717) is 6.61 Å². The minimum Gasteiger partial charge on any atom is -0.396 e. The molecule has 2 rings (SSSR count). The Bertz CT molecular complexity index is 518. The van der Waals surface area contributed by atoms with Crippen LogP contribution in [0.1, 0.15) is 23.7 Å². The molecule has 0 atom stereocenters. The van der Waals surface area contributed by atoms with Crippen molar-refractivity contribution in [1.82, 2.24) is 4.98 Å². The summed E-state index contributed by atoms with van der Waals surface area (Å²) in [7, 11) is 0. The molecular weight excluding hydrogens is 224 g/mol. The normalized spacial score (nSPS) is 11.3. The van der Waals surface area contributed by atoms with E-state index >= 15 is 0 Å². The van der Waals surface area contributed by atoms with Crippen LogP contribution < -0.4 is 0 Å². The molecule has 0 radical (unpaired) electrons. The quantitative estimate of drug-likeness (QED) is 0.607. The number of aromatic nitrogens is 1. The number of nitrogens with zero attached hydrogens (tertiary/aromatic N) is 2. The third kappa shape index (κ3) is 2.94. The van der Waals surface area contributed by atoms with E-state index in [1.807, 2.05) is 37.3 Å². The van der Waals surface area contributed by atoms with E-state index in [0.717, 1.165) is 17.0 Å². The van der Waals surface area contributed by atoms with E-state index in [4.69, 9.17) is 4.84 Å². The maximum Gasteiger partial charge on any atom is 0.135 e. The first-order valence-corrected chi connectivity index (χ1v) is 5.99. The monoisotopic (exact) mass is 240 g/mol. The molecule has 1 heterocycles. The zero-order valence-corrected chi connectivity index (χ0v) is 10.6. The first-order valence-electron chi connectivity index (χ1n) is 5.99. The van der Waals surface area contributed by atoms with Gasteiger partial charge in [0.25, 0.3) is 0 Å². The van der Waals surface area contributed by atoms with Crippen LogP contribution in [0.5, 0.6) is 0 Å². The predicted octanol–water partition coefficient (Wildman–Crippen LogP) is 3.18. The number of benzene rings is 1. The Kier molecular flexibility index (Phi) is 4.07. The summed E-state index contributed by atoms with van der Waals surface area (Å²) < 4.78 is 0. The van der Waals surface area contributed by atoms with Crippen molar-refractivity contribution in [3.8, 4) is 0 Å². The van der Waals surface area contributed by atoms with Crippen molar-refractivity contribution in [3.05, 3.63) is 65.5 Å². The number of aryl methyl sites for hydroxylation is 1. The van der Waals surface area contributed by atoms with Crippen LogP contribution in [0.2, 0.25) is 0 Å². The van der Waals surface area contributed by atoms with Gasteiger partial charge in [-0.3, -0.25) is 4.98 Å². The molecule has 0 spiro atoms. The Balaban J connectivity index is 2.40. The topological polar surface area (TPSA) is 34.5 Å². The Hall–Kier alpha value is -2.16. The number of oxime groups is 1. The fraction of sp³-hybridized carbons (Fsp3) is 0.200. The largest absolute Gasteiger partial charge is 0.396 e. The van der Waals surface area contributed by atoms with E-state index in [-0.39, 0.29) is 0 Å². The van der Waals surface area contributed by atoms with Crippen molar-refractivity contribution in [3.63, 3.8) is 0 Å². The third-order valence-corrected chi connectivity index (χ3v) is 2.52. The second-order valence-corrected chi connectivity index (χ2v) is 3.94. The molecule has 0 N–H and O–H groups in total. The highest BCUT2D eigenvalue weighted by atomic mass is 16.6. The van der Waals surface area contributed by atoms with Gasteiger partial charge in [-0.2, -0.15) is 0 Å². The highest BCUT2D eigenvalue weighted by molar-refractivity contribution is 6.11. The van der Waals surface area contributed by atoms with Gasteiger partial charge in [0.1, 0.15) is 12.3 Å². The fourth-order valence-electron chi connectivity index (χ4n) is 1.59. The zero-order valence-electron chi connectivity index (χ0n) is 10.6. The molecule has 18 heavy (non-hydrogen) atoms. The van der Waals surface area contributed by atoms with Gasteiger partial charge >= 0.3 is 0 Å². The van der Waals surface area contributed by atoms with Crippen molar-refractivity contribution >= 4 is 5.71 Å². The average molecular weight is 240 g/mol. The maximum absolute atomic E-state index is 5.18. The molecule has 0 unspecified atom stereocenters. The van der Waals surface area contributed by atoms with Gasteiger partial charge < -0.3 is 4.84 Å². The lowest BCUT2D eigenvalue weighted by Gasteiger charge is -2.06. The van der Waals surface area contributed by atoms with Crippen molar-refractivity contribution in [2.75, 3.05) is 6.61 Å². The second kappa shape index (κ2) is 5.96. The summed E-state index contributed by atoms with van der Waals surface area (Å²) >= 11 is 0. The fourth-order valence-corrected chi connectivity index (χ4v) is 1.59. The van der Waals surface area contributed by atoms with E-state index < -0.39 is 0 Å². The maximum atomic E-state index is 5.18. The molecule has 0 amide bonds. The van der Waals surface area contributed by atoms with Gasteiger partial charge in [0.15, 0.2) is 0 Å². The molecule has 0 aliphatic heterocycles. The number of rotatable bonds is 4. The SMILES string of the molecule is CCO/N=C(\c1ccc(C)cc1)c1ccccn1. The first-order chi connectivity index (χ1) is 8.81. The lowest BCUT2D eigenvalue weighted by molar-refractivity contribution is 0.159. The molecule has 92 valence electrons. The zero-order chi connectivity index (χ0) is 12.8. The molecule has 1 aromatic heterocycles. The van der Waals surface area contributed by atoms with Crippen LogP contribution in [-0.4, -0.2) is 17.3 Å². The van der Waals surface area contributed by atoms with Crippen LogP contribution in [0.25, 0.3) is 0 Å². The summed E-state index contributed by atoms with van der Waals surface area (Å²) in [6, 6.07) is 13.9. The predicted molar refractivity (Wildman–Crippen MR) is 72.7 cm³/mol. The van der Waals surface area contributed by atoms with Gasteiger partial charge in [-0.1, -0.05) is 41.1 Å². The molecule has 2 aromatic rings. The summed E-state index contributed by atoms with van der Waals surface area (Å²) in [5.41, 5.74) is 3.80. The van der Waals surface area contributed by atoms with E-state index in [2.05, 4.69) is 29.2 Å². The van der Waals surface area contributed by atoms with Crippen molar-refractivity contribution in [2.45, 2.75) is 13.8 Å². The molecule has 3 nitrogen and oxygen atoms in total. The van der Waals surface area contributed by atoms with Gasteiger partial charge in [-0.15, -0.1) is 0 Å². The van der Waals surface area contributed by atoms with Gasteiger partial charge in [0.2, 0.25) is 0 Å². The van der Waals surface area contributed by atoms with Gasteiger partial charge in [0.05, 0.1) is 5.69 Å². The van der Waals surface area contributed by atoms with E-state index in [1.54, 1.807) is 6.20 Å². The molecular formula is C15H16N2O. The summed E-state index contributed by atoms with van der Waals surface area (Å²) in [6.45, 7) is 4.51. The van der Waals surface area contributed by atoms with Crippen LogP contribution in [0.15, 0.2) is 53.8 Å². The molecule has 0 saturated carbocycles. The standard InChI is InChI=1S/C15H16N2O/c1-3-18-17-15(14-6-4-5-11-16-14)13-9-7-12(2)8-10-13/h4-11H,3H2,1-2H3/b17-15+. The molecule has 3 heteroatoms. The Morgan fingerprint density at radius 1 is 1.17 bits per heavy atom. The van der Waals surface area contributed by atoms with E-state index in [9.17, 15) is 0 Å². The Labute approximate surface area is 107 Å². The smallest absolute Gasteiger partial charge is 0.135 e. The number of hydrogen-bond acceptors (Lipinski definition) is 3. The lowest BCUT2D eigenvalue weighted by atomic mass is 10.1. The minimum atomic E-state index is 0.544. The van der Waals surface area contributed by atoms with Gasteiger partial charge in [-0.25, -0.2) is 0 Å². The molecule has 0 saturated heterocycles.